The van der Waals surface area contributed by atoms with Gasteiger partial charge in [-0.1, -0.05) is 19.9 Å². The number of hydrogen-bond donors (Lipinski definition) is 0. The fraction of sp³-hybridized carbons (Fsp3) is 0.500. The molecule has 0 N–H and O–H groups in total. The normalized spacial score (nSPS) is 10.4. The van der Waals surface area contributed by atoms with Crippen LogP contribution in [0.2, 0.25) is 0 Å². The predicted molar refractivity (Wildman–Crippen MR) is 77.3 cm³/mol. The Kier molecular flexibility index (Phi) is 6.22. The van der Waals surface area contributed by atoms with Crippen molar-refractivity contribution < 1.29 is 19.1 Å². The molecule has 0 saturated carbocycles. The lowest BCUT2D eigenvalue weighted by Crippen LogP contribution is -2.18. The highest BCUT2D eigenvalue weighted by molar-refractivity contribution is 6.41. The molecule has 0 unspecified atom stereocenters. The Morgan fingerprint density at radius 1 is 1.15 bits per heavy atom. The first kappa shape index (κ1) is 16.2. The summed E-state index contributed by atoms with van der Waals surface area (Å²) in [7, 11) is 1.48. The van der Waals surface area contributed by atoms with E-state index in [2.05, 4.69) is 13.8 Å². The zero-order chi connectivity index (χ0) is 15.1. The number of rotatable bonds is 7. The van der Waals surface area contributed by atoms with E-state index in [0.29, 0.717) is 11.7 Å². The number of methoxy groups -OCH3 is 1. The van der Waals surface area contributed by atoms with Crippen LogP contribution in [0, 0.1) is 0 Å². The number of ketones is 1. The van der Waals surface area contributed by atoms with Crippen LogP contribution in [0.4, 0.5) is 0 Å². The quantitative estimate of drug-likeness (QED) is 0.436. The summed E-state index contributed by atoms with van der Waals surface area (Å²) >= 11 is 0. The summed E-state index contributed by atoms with van der Waals surface area (Å²) in [4.78, 5) is 23.7. The molecule has 0 saturated heterocycles. The number of Topliss-reactive ketones (excluding diaryl/α,β-unsaturated/α-hetero) is 1. The Bertz CT molecular complexity index is 475. The molecule has 0 aliphatic carbocycles. The van der Waals surface area contributed by atoms with E-state index in [4.69, 9.17) is 9.47 Å². The van der Waals surface area contributed by atoms with Gasteiger partial charge in [0.1, 0.15) is 5.75 Å². The van der Waals surface area contributed by atoms with Crippen LogP contribution >= 0.6 is 0 Å². The highest BCUT2D eigenvalue weighted by Gasteiger charge is 2.23. The molecule has 1 aromatic carbocycles. The van der Waals surface area contributed by atoms with Gasteiger partial charge in [0.2, 0.25) is 0 Å². The first-order chi connectivity index (χ1) is 9.58. The number of esters is 1. The van der Waals surface area contributed by atoms with Gasteiger partial charge in [-0.2, -0.15) is 0 Å². The molecule has 20 heavy (non-hydrogen) atoms. The summed E-state index contributed by atoms with van der Waals surface area (Å²) in [5.41, 5.74) is 1.32. The van der Waals surface area contributed by atoms with Gasteiger partial charge in [0, 0.05) is 0 Å². The van der Waals surface area contributed by atoms with Crippen molar-refractivity contribution in [3.05, 3.63) is 29.3 Å². The van der Waals surface area contributed by atoms with E-state index < -0.39 is 11.8 Å². The molecule has 110 valence electrons. The van der Waals surface area contributed by atoms with Crippen molar-refractivity contribution in [3.8, 4) is 5.75 Å². The van der Waals surface area contributed by atoms with E-state index in [0.717, 1.165) is 18.4 Å². The third-order valence-corrected chi connectivity index (χ3v) is 3.39. The van der Waals surface area contributed by atoms with Crippen LogP contribution in [0.15, 0.2) is 18.2 Å². The van der Waals surface area contributed by atoms with Crippen molar-refractivity contribution in [1.29, 1.82) is 0 Å². The Hall–Kier alpha value is -1.84. The van der Waals surface area contributed by atoms with Crippen LogP contribution in [0.5, 0.6) is 5.75 Å². The molecule has 0 spiro atoms. The lowest BCUT2D eigenvalue weighted by atomic mass is 9.91. The van der Waals surface area contributed by atoms with Gasteiger partial charge in [0.05, 0.1) is 19.3 Å². The first-order valence-electron chi connectivity index (χ1n) is 6.98. The summed E-state index contributed by atoms with van der Waals surface area (Å²) in [6.07, 6.45) is 1.96. The third-order valence-electron chi connectivity index (χ3n) is 3.39. The van der Waals surface area contributed by atoms with E-state index in [1.165, 1.54) is 7.11 Å². The highest BCUT2D eigenvalue weighted by Crippen LogP contribution is 2.28. The minimum absolute atomic E-state index is 0.180. The standard InChI is InChI=1S/C16H22O4/c1-5-11(6-2)12-8-9-14(19-4)13(10-12)15(17)16(18)20-7-3/h8-11H,5-7H2,1-4H3. The number of carbonyl (C=O) groups excluding carboxylic acids is 2. The molecule has 0 fully saturated rings. The number of carbonyl (C=O) groups is 2. The van der Waals surface area contributed by atoms with Crippen LogP contribution in [0.25, 0.3) is 0 Å². The maximum atomic E-state index is 12.1. The van der Waals surface area contributed by atoms with E-state index in [9.17, 15) is 9.59 Å². The van der Waals surface area contributed by atoms with Crippen molar-refractivity contribution >= 4 is 11.8 Å². The molecule has 0 atom stereocenters. The fourth-order valence-corrected chi connectivity index (χ4v) is 2.22. The van der Waals surface area contributed by atoms with Crippen molar-refractivity contribution in [2.75, 3.05) is 13.7 Å². The van der Waals surface area contributed by atoms with Gasteiger partial charge in [0.25, 0.3) is 5.78 Å². The second-order valence-corrected chi connectivity index (χ2v) is 4.52. The molecule has 0 aromatic heterocycles. The zero-order valence-corrected chi connectivity index (χ0v) is 12.6. The summed E-state index contributed by atoms with van der Waals surface area (Å²) in [6, 6.07) is 5.42. The fourth-order valence-electron chi connectivity index (χ4n) is 2.22. The van der Waals surface area contributed by atoms with Gasteiger partial charge < -0.3 is 9.47 Å². The second-order valence-electron chi connectivity index (χ2n) is 4.52. The molecule has 0 bridgehead atoms. The van der Waals surface area contributed by atoms with Crippen molar-refractivity contribution in [1.82, 2.24) is 0 Å². The van der Waals surface area contributed by atoms with Crippen LogP contribution < -0.4 is 4.74 Å². The summed E-state index contributed by atoms with van der Waals surface area (Å²) in [6.45, 7) is 6.05. The van der Waals surface area contributed by atoms with Gasteiger partial charge in [-0.25, -0.2) is 4.79 Å². The minimum Gasteiger partial charge on any atom is -0.496 e. The van der Waals surface area contributed by atoms with E-state index in [1.54, 1.807) is 19.1 Å². The predicted octanol–water partition coefficient (Wildman–Crippen LogP) is 3.34. The van der Waals surface area contributed by atoms with Gasteiger partial charge in [-0.05, 0) is 43.4 Å². The molecular weight excluding hydrogens is 256 g/mol. The smallest absolute Gasteiger partial charge is 0.379 e. The first-order valence-corrected chi connectivity index (χ1v) is 6.98. The van der Waals surface area contributed by atoms with Gasteiger partial charge >= 0.3 is 5.97 Å². The molecule has 0 radical (unpaired) electrons. The average molecular weight is 278 g/mol. The largest absolute Gasteiger partial charge is 0.496 e. The molecule has 4 nitrogen and oxygen atoms in total. The Labute approximate surface area is 120 Å². The zero-order valence-electron chi connectivity index (χ0n) is 12.6. The topological polar surface area (TPSA) is 52.6 Å². The number of hydrogen-bond acceptors (Lipinski definition) is 4. The molecule has 1 aromatic rings. The summed E-state index contributed by atoms with van der Waals surface area (Å²) in [5, 5.41) is 0. The van der Waals surface area contributed by atoms with E-state index in [-0.39, 0.29) is 12.2 Å². The minimum atomic E-state index is -0.840. The molecule has 4 heteroatoms. The Morgan fingerprint density at radius 3 is 2.30 bits per heavy atom. The van der Waals surface area contributed by atoms with Crippen molar-refractivity contribution in [3.63, 3.8) is 0 Å². The number of ether oxygens (including phenoxy) is 2. The molecule has 0 amide bonds. The van der Waals surface area contributed by atoms with Crippen molar-refractivity contribution in [2.45, 2.75) is 39.5 Å². The molecule has 0 aliphatic heterocycles. The molecule has 0 heterocycles. The van der Waals surface area contributed by atoms with Crippen LogP contribution in [0.3, 0.4) is 0 Å². The lowest BCUT2D eigenvalue weighted by molar-refractivity contribution is -0.137. The summed E-state index contributed by atoms with van der Waals surface area (Å²) in [5.74, 6) is -0.726. The van der Waals surface area contributed by atoms with Gasteiger partial charge in [-0.15, -0.1) is 0 Å². The Balaban J connectivity index is 3.18. The van der Waals surface area contributed by atoms with Gasteiger partial charge in [-0.3, -0.25) is 4.79 Å². The Morgan fingerprint density at radius 2 is 1.80 bits per heavy atom. The lowest BCUT2D eigenvalue weighted by Gasteiger charge is -2.15. The highest BCUT2D eigenvalue weighted by atomic mass is 16.5. The van der Waals surface area contributed by atoms with E-state index >= 15 is 0 Å². The molecule has 0 aliphatic rings. The van der Waals surface area contributed by atoms with Crippen molar-refractivity contribution in [2.24, 2.45) is 0 Å². The number of benzene rings is 1. The summed E-state index contributed by atoms with van der Waals surface area (Å²) < 4.78 is 9.93. The average Bonchev–Trinajstić information content (AvgIpc) is 2.47. The SMILES string of the molecule is CCOC(=O)C(=O)c1cc(C(CC)CC)ccc1OC. The second kappa shape index (κ2) is 7.68. The molecular formula is C16H22O4. The van der Waals surface area contributed by atoms with Crippen LogP contribution in [-0.2, 0) is 9.53 Å². The monoisotopic (exact) mass is 278 g/mol. The van der Waals surface area contributed by atoms with Gasteiger partial charge in [0.15, 0.2) is 0 Å². The van der Waals surface area contributed by atoms with E-state index in [1.807, 2.05) is 6.07 Å². The maximum absolute atomic E-state index is 12.1. The molecule has 1 rings (SSSR count). The van der Waals surface area contributed by atoms with Crippen LogP contribution in [-0.4, -0.2) is 25.5 Å². The maximum Gasteiger partial charge on any atom is 0.379 e. The van der Waals surface area contributed by atoms with Crippen LogP contribution in [0.1, 0.15) is 55.5 Å². The third kappa shape index (κ3) is 3.59.